The first-order chi connectivity index (χ1) is 11.7. The van der Waals surface area contributed by atoms with Crippen LogP contribution in [0.5, 0.6) is 0 Å². The molecule has 3 unspecified atom stereocenters. The average molecular weight is 371 g/mol. The van der Waals surface area contributed by atoms with Crippen LogP contribution < -0.4 is 0 Å². The predicted molar refractivity (Wildman–Crippen MR) is 106 cm³/mol. The number of rotatable bonds is 10. The third kappa shape index (κ3) is 6.08. The van der Waals surface area contributed by atoms with Gasteiger partial charge in [0.1, 0.15) is 14.2 Å². The predicted octanol–water partition coefficient (Wildman–Crippen LogP) is 3.44. The highest BCUT2D eigenvalue weighted by Crippen LogP contribution is 2.30. The summed E-state index contributed by atoms with van der Waals surface area (Å²) in [7, 11) is -2.04. The number of carbonyl (C=O) groups excluding carboxylic acids is 1. The molecule has 0 N–H and O–H groups in total. The Morgan fingerprint density at radius 2 is 1.92 bits per heavy atom. The molecule has 0 spiro atoms. The van der Waals surface area contributed by atoms with E-state index in [1.54, 1.807) is 0 Å². The molecule has 0 radical (unpaired) electrons. The van der Waals surface area contributed by atoms with Crippen LogP contribution in [0.25, 0.3) is 0 Å². The van der Waals surface area contributed by atoms with E-state index in [4.69, 9.17) is 9.47 Å². The Morgan fingerprint density at radius 1 is 1.12 bits per heavy atom. The van der Waals surface area contributed by atoms with Crippen molar-refractivity contribution in [3.8, 4) is 0 Å². The van der Waals surface area contributed by atoms with Crippen LogP contribution in [0, 0.1) is 0 Å². The van der Waals surface area contributed by atoms with Gasteiger partial charge in [-0.05, 0) is 44.9 Å². The van der Waals surface area contributed by atoms with Crippen LogP contribution >= 0.6 is 0 Å². The third-order valence-electron chi connectivity index (χ3n) is 6.03. The van der Waals surface area contributed by atoms with Crippen LogP contribution in [0.15, 0.2) is 0 Å². The van der Waals surface area contributed by atoms with Gasteiger partial charge in [0.15, 0.2) is 0 Å². The maximum atomic E-state index is 12.9. The Hall–Kier alpha value is 0.0238. The third-order valence-corrected chi connectivity index (χ3v) is 14.2. The topological polar surface area (TPSA) is 35.5 Å². The van der Waals surface area contributed by atoms with Gasteiger partial charge in [-0.3, -0.25) is 0 Å². The fourth-order valence-corrected chi connectivity index (χ4v) is 11.7. The molecular formula is C19H38O3Si2. The lowest BCUT2D eigenvalue weighted by Gasteiger charge is -2.43. The molecule has 0 aromatic rings. The van der Waals surface area contributed by atoms with Crippen molar-refractivity contribution >= 4 is 23.7 Å². The van der Waals surface area contributed by atoms with Crippen LogP contribution in [-0.2, 0) is 14.3 Å². The zero-order valence-electron chi connectivity index (χ0n) is 16.0. The normalized spacial score (nSPS) is 29.8. The maximum Gasteiger partial charge on any atom is 0.145 e. The monoisotopic (exact) mass is 370 g/mol. The zero-order chi connectivity index (χ0) is 17.3. The molecular weight excluding hydrogens is 332 g/mol. The summed E-state index contributed by atoms with van der Waals surface area (Å²) in [6.45, 7) is 6.33. The summed E-state index contributed by atoms with van der Waals surface area (Å²) in [6.07, 6.45) is 14.3. The Kier molecular flexibility index (Phi) is 9.23. The second kappa shape index (κ2) is 10.9. The lowest BCUT2D eigenvalue weighted by Crippen LogP contribution is -2.60. The summed E-state index contributed by atoms with van der Waals surface area (Å²) in [5.74, 6) is 0. The number of ether oxygens (including phenoxy) is 2. The molecule has 2 rings (SSSR count). The van der Waals surface area contributed by atoms with Crippen LogP contribution in [0.4, 0.5) is 0 Å². The highest BCUT2D eigenvalue weighted by Gasteiger charge is 2.45. The first-order valence-electron chi connectivity index (χ1n) is 10.5. The highest BCUT2D eigenvalue weighted by atomic mass is 28.3. The molecule has 140 valence electrons. The Balaban J connectivity index is 1.88. The Labute approximate surface area is 152 Å². The molecule has 3 atom stereocenters. The minimum atomic E-state index is -1.52. The summed E-state index contributed by atoms with van der Waals surface area (Å²) in [4.78, 5) is 12.9. The van der Waals surface area contributed by atoms with Crippen LogP contribution in [-0.4, -0.2) is 47.5 Å². The first-order valence-corrected chi connectivity index (χ1v) is 14.3. The van der Waals surface area contributed by atoms with Crippen molar-refractivity contribution in [3.05, 3.63) is 0 Å². The van der Waals surface area contributed by atoms with Gasteiger partial charge in [0.05, 0.1) is 14.4 Å². The summed E-state index contributed by atoms with van der Waals surface area (Å²) in [6, 6.07) is 0. The van der Waals surface area contributed by atoms with Crippen molar-refractivity contribution < 1.29 is 14.3 Å². The van der Waals surface area contributed by atoms with E-state index in [9.17, 15) is 4.79 Å². The number of hydrogen-bond acceptors (Lipinski definition) is 3. The van der Waals surface area contributed by atoms with Gasteiger partial charge in [-0.15, -0.1) is 0 Å². The van der Waals surface area contributed by atoms with E-state index >= 15 is 0 Å². The first kappa shape index (κ1) is 20.3. The van der Waals surface area contributed by atoms with Gasteiger partial charge in [0.25, 0.3) is 0 Å². The molecule has 0 aromatic carbocycles. The second-order valence-electron chi connectivity index (χ2n) is 7.92. The fourth-order valence-electron chi connectivity index (χ4n) is 4.32. The van der Waals surface area contributed by atoms with Gasteiger partial charge in [-0.2, -0.15) is 0 Å². The second-order valence-corrected chi connectivity index (χ2v) is 14.4. The molecule has 3 nitrogen and oxygen atoms in total. The Morgan fingerprint density at radius 3 is 2.58 bits per heavy atom. The smallest absolute Gasteiger partial charge is 0.145 e. The molecule has 0 bridgehead atoms. The zero-order valence-corrected chi connectivity index (χ0v) is 18.6. The van der Waals surface area contributed by atoms with Gasteiger partial charge < -0.3 is 14.3 Å². The van der Waals surface area contributed by atoms with E-state index in [2.05, 4.69) is 13.5 Å². The largest absolute Gasteiger partial charge is 0.382 e. The van der Waals surface area contributed by atoms with Crippen LogP contribution in [0.3, 0.4) is 0 Å². The molecule has 2 aliphatic heterocycles. The van der Waals surface area contributed by atoms with Crippen molar-refractivity contribution in [2.45, 2.75) is 101 Å². The van der Waals surface area contributed by atoms with Gasteiger partial charge >= 0.3 is 0 Å². The Bertz CT molecular complexity index is 364. The number of unbranched alkanes of at least 4 members (excludes halogenated alkanes) is 4. The molecule has 2 heterocycles. The molecule has 24 heavy (non-hydrogen) atoms. The number of hydrogen-bond donors (Lipinski definition) is 0. The average Bonchev–Trinajstić information content (AvgIpc) is 2.62. The van der Waals surface area contributed by atoms with E-state index < -0.39 is 18.3 Å². The fraction of sp³-hybridized carbons (Fsp3) is 0.947. The summed E-state index contributed by atoms with van der Waals surface area (Å²) >= 11 is 0. The molecule has 0 saturated carbocycles. The SMILES string of the molecule is CCCCCCCC(=O)[SiH](C)C1([SiH2]C2CCCCO2)CCCCO1. The van der Waals surface area contributed by atoms with Crippen molar-refractivity contribution in [2.24, 2.45) is 0 Å². The summed E-state index contributed by atoms with van der Waals surface area (Å²) < 4.78 is 12.5. The molecule has 0 amide bonds. The van der Waals surface area contributed by atoms with Crippen LogP contribution in [0.2, 0.25) is 6.55 Å². The van der Waals surface area contributed by atoms with E-state index in [-0.39, 0.29) is 4.85 Å². The molecule has 0 aromatic heterocycles. The molecule has 2 fully saturated rings. The van der Waals surface area contributed by atoms with E-state index in [1.165, 1.54) is 57.8 Å². The summed E-state index contributed by atoms with van der Waals surface area (Å²) in [5.41, 5.74) is 0.462. The minimum absolute atomic E-state index is 0.0146. The molecule has 5 heteroatoms. The maximum absolute atomic E-state index is 12.9. The van der Waals surface area contributed by atoms with Gasteiger partial charge in [-0.1, -0.05) is 39.2 Å². The van der Waals surface area contributed by atoms with Crippen LogP contribution in [0.1, 0.15) is 84.0 Å². The van der Waals surface area contributed by atoms with E-state index in [0.29, 0.717) is 11.1 Å². The van der Waals surface area contributed by atoms with Gasteiger partial charge in [0.2, 0.25) is 0 Å². The minimum Gasteiger partial charge on any atom is -0.382 e. The molecule has 2 aliphatic rings. The van der Waals surface area contributed by atoms with Crippen molar-refractivity contribution in [2.75, 3.05) is 13.2 Å². The van der Waals surface area contributed by atoms with E-state index in [1.807, 2.05) is 0 Å². The highest BCUT2D eigenvalue weighted by molar-refractivity contribution is 6.96. The quantitative estimate of drug-likeness (QED) is 0.436. The summed E-state index contributed by atoms with van der Waals surface area (Å²) in [5, 5.41) is 0.580. The van der Waals surface area contributed by atoms with Gasteiger partial charge in [-0.25, -0.2) is 0 Å². The standard InChI is InChI=1S/C19H38O3Si2/c1-3-4-5-6-7-12-17(20)24(2)19(14-9-11-16-22-19)23-18-13-8-10-15-21-18/h18,24H,3-16,23H2,1-2H3. The van der Waals surface area contributed by atoms with Gasteiger partial charge in [0, 0.05) is 25.4 Å². The molecule has 0 aliphatic carbocycles. The number of carbonyl (C=O) groups is 1. The lowest BCUT2D eigenvalue weighted by molar-refractivity contribution is -0.113. The molecule has 2 saturated heterocycles. The van der Waals surface area contributed by atoms with Crippen molar-refractivity contribution in [1.29, 1.82) is 0 Å². The van der Waals surface area contributed by atoms with E-state index in [0.717, 1.165) is 32.5 Å². The lowest BCUT2D eigenvalue weighted by atomic mass is 10.1. The van der Waals surface area contributed by atoms with Crippen molar-refractivity contribution in [1.82, 2.24) is 0 Å². The van der Waals surface area contributed by atoms with Crippen molar-refractivity contribution in [3.63, 3.8) is 0 Å².